The van der Waals surface area contributed by atoms with E-state index in [9.17, 15) is 4.79 Å². The van der Waals surface area contributed by atoms with Gasteiger partial charge in [-0.1, -0.05) is 72.5 Å². The van der Waals surface area contributed by atoms with E-state index in [1.807, 2.05) is 0 Å². The zero-order chi connectivity index (χ0) is 28.1. The summed E-state index contributed by atoms with van der Waals surface area (Å²) in [5.74, 6) is 3.26. The highest BCUT2D eigenvalue weighted by Gasteiger charge is 2.63. The second-order valence-electron chi connectivity index (χ2n) is 14.7. The normalized spacial score (nSPS) is 37.8. The molecule has 0 heterocycles. The molecule has 3 saturated carbocycles. The number of unbranched alkanes of at least 4 members (excludes halogenated alkanes) is 1. The van der Waals surface area contributed by atoms with Crippen LogP contribution >= 0.6 is 0 Å². The Bertz CT molecular complexity index is 880. The van der Waals surface area contributed by atoms with Crippen molar-refractivity contribution in [2.24, 2.45) is 39.9 Å². The molecule has 0 amide bonds. The van der Waals surface area contributed by atoms with E-state index in [4.69, 9.17) is 4.74 Å². The van der Waals surface area contributed by atoms with Gasteiger partial charge in [-0.15, -0.1) is 0 Å². The Morgan fingerprint density at radius 3 is 2.64 bits per heavy atom. The maximum absolute atomic E-state index is 12.5. The molecule has 39 heavy (non-hydrogen) atoms. The van der Waals surface area contributed by atoms with Gasteiger partial charge in [0, 0.05) is 25.2 Å². The first-order chi connectivity index (χ1) is 18.6. The van der Waals surface area contributed by atoms with E-state index in [1.54, 1.807) is 17.8 Å². The van der Waals surface area contributed by atoms with Gasteiger partial charge in [0.05, 0.1) is 0 Å². The minimum atomic E-state index is -0.206. The summed E-state index contributed by atoms with van der Waals surface area (Å²) in [6.07, 6.45) is 22.7. The Kier molecular flexibility index (Phi) is 10.3. The van der Waals surface area contributed by atoms with Gasteiger partial charge in [-0.25, -0.2) is 4.79 Å². The first kappa shape index (κ1) is 30.7. The molecule has 7 unspecified atom stereocenters. The van der Waals surface area contributed by atoms with Crippen molar-refractivity contribution in [1.82, 2.24) is 10.6 Å². The minimum Gasteiger partial charge on any atom is -0.459 e. The lowest BCUT2D eigenvalue weighted by Gasteiger charge is -2.64. The molecule has 0 bridgehead atoms. The summed E-state index contributed by atoms with van der Waals surface area (Å²) < 4.78 is 5.94. The van der Waals surface area contributed by atoms with E-state index in [-0.39, 0.29) is 17.5 Å². The van der Waals surface area contributed by atoms with Crippen molar-refractivity contribution in [3.05, 3.63) is 23.9 Å². The molecule has 4 aliphatic rings. The van der Waals surface area contributed by atoms with Crippen molar-refractivity contribution in [2.45, 2.75) is 131 Å². The summed E-state index contributed by atoms with van der Waals surface area (Å²) in [6.45, 7) is 17.6. The highest BCUT2D eigenvalue weighted by atomic mass is 16.5. The monoisotopic (exact) mass is 540 g/mol. The maximum atomic E-state index is 12.5. The topological polar surface area (TPSA) is 50.4 Å². The fraction of sp³-hybridized carbons (Fsp3) is 0.857. The molecule has 0 aromatic heterocycles. The predicted octanol–water partition coefficient (Wildman–Crippen LogP) is 8.19. The molecular formula is C35H60N2O2. The Labute approximate surface area is 240 Å². The molecule has 0 radical (unpaired) electrons. The zero-order valence-electron chi connectivity index (χ0n) is 26.2. The average molecular weight is 541 g/mol. The summed E-state index contributed by atoms with van der Waals surface area (Å²) in [5, 5.41) is 6.52. The van der Waals surface area contributed by atoms with Crippen LogP contribution < -0.4 is 10.6 Å². The molecule has 4 aliphatic carbocycles. The van der Waals surface area contributed by atoms with Gasteiger partial charge in [-0.3, -0.25) is 0 Å². The Morgan fingerprint density at radius 2 is 1.87 bits per heavy atom. The second-order valence-corrected chi connectivity index (χ2v) is 14.7. The molecule has 7 atom stereocenters. The van der Waals surface area contributed by atoms with Gasteiger partial charge >= 0.3 is 5.97 Å². The largest absolute Gasteiger partial charge is 0.459 e. The average Bonchev–Trinajstić information content (AvgIpc) is 3.23. The van der Waals surface area contributed by atoms with E-state index in [0.717, 1.165) is 69.0 Å². The van der Waals surface area contributed by atoms with Crippen molar-refractivity contribution in [1.29, 1.82) is 0 Å². The first-order valence-corrected chi connectivity index (χ1v) is 16.6. The smallest absolute Gasteiger partial charge is 0.332 e. The molecule has 0 spiro atoms. The fourth-order valence-corrected chi connectivity index (χ4v) is 9.50. The SMILES string of the molecule is CCNCCCN/C=C/C(=O)OC1CCC2(C)C(=CCC3C4CCC(CCCCC(C)C)C4(C)CCC32C)C1. The number of hydrogen-bond donors (Lipinski definition) is 2. The van der Waals surface area contributed by atoms with Crippen molar-refractivity contribution < 1.29 is 9.53 Å². The molecule has 2 N–H and O–H groups in total. The molecule has 0 aliphatic heterocycles. The third-order valence-corrected chi connectivity index (χ3v) is 12.2. The molecule has 4 nitrogen and oxygen atoms in total. The second kappa shape index (κ2) is 13.1. The van der Waals surface area contributed by atoms with Crippen LogP contribution in [0, 0.1) is 39.9 Å². The summed E-state index contributed by atoms with van der Waals surface area (Å²) in [5.41, 5.74) is 2.75. The zero-order valence-corrected chi connectivity index (χ0v) is 26.2. The van der Waals surface area contributed by atoms with Crippen molar-refractivity contribution in [3.8, 4) is 0 Å². The molecule has 4 heteroatoms. The van der Waals surface area contributed by atoms with Gasteiger partial charge in [0.15, 0.2) is 0 Å². The van der Waals surface area contributed by atoms with Gasteiger partial charge in [0.25, 0.3) is 0 Å². The quantitative estimate of drug-likeness (QED) is 0.107. The standard InChI is InChI=1S/C35H60N2O2/c1-7-36-22-10-23-37-24-18-32(38)39-29-17-19-34(5)28(25-29)14-16-31-30-15-13-27(12-9-8-11-26(2)3)33(30,4)20-21-35(31,34)6/h14,18,24,26-27,29-31,36-37H,7-13,15-17,19-23,25H2,1-6H3/b24-18+. The van der Waals surface area contributed by atoms with Crippen LogP contribution in [0.4, 0.5) is 0 Å². The molecule has 3 fully saturated rings. The number of fused-ring (bicyclic) bond motifs is 5. The molecule has 222 valence electrons. The van der Waals surface area contributed by atoms with Crippen LogP contribution in [0.3, 0.4) is 0 Å². The highest BCUT2D eigenvalue weighted by Crippen LogP contribution is 2.71. The van der Waals surface area contributed by atoms with Crippen LogP contribution in [0.15, 0.2) is 23.9 Å². The molecule has 4 rings (SSSR count). The van der Waals surface area contributed by atoms with Crippen molar-refractivity contribution in [3.63, 3.8) is 0 Å². The predicted molar refractivity (Wildman–Crippen MR) is 163 cm³/mol. The van der Waals surface area contributed by atoms with E-state index in [2.05, 4.69) is 58.3 Å². The van der Waals surface area contributed by atoms with Crippen LogP contribution in [0.25, 0.3) is 0 Å². The minimum absolute atomic E-state index is 0.0194. The summed E-state index contributed by atoms with van der Waals surface area (Å²) in [4.78, 5) is 12.5. The van der Waals surface area contributed by atoms with Gasteiger partial charge < -0.3 is 15.4 Å². The third kappa shape index (κ3) is 6.47. The molecule has 0 aromatic carbocycles. The molecule has 0 aromatic rings. The molecular weight excluding hydrogens is 480 g/mol. The van der Waals surface area contributed by atoms with E-state index >= 15 is 0 Å². The van der Waals surface area contributed by atoms with Gasteiger partial charge in [0.2, 0.25) is 0 Å². The number of esters is 1. The summed E-state index contributed by atoms with van der Waals surface area (Å²) in [7, 11) is 0. The molecule has 0 saturated heterocycles. The van der Waals surface area contributed by atoms with E-state index in [0.29, 0.717) is 10.8 Å². The lowest BCUT2D eigenvalue weighted by Crippen LogP contribution is -2.56. The Morgan fingerprint density at radius 1 is 1.05 bits per heavy atom. The van der Waals surface area contributed by atoms with Gasteiger partial charge in [-0.2, -0.15) is 0 Å². The third-order valence-electron chi connectivity index (χ3n) is 12.2. The van der Waals surface area contributed by atoms with Crippen LogP contribution in [0.2, 0.25) is 0 Å². The first-order valence-electron chi connectivity index (χ1n) is 16.6. The van der Waals surface area contributed by atoms with E-state index < -0.39 is 0 Å². The van der Waals surface area contributed by atoms with Gasteiger partial charge in [0.1, 0.15) is 6.10 Å². The van der Waals surface area contributed by atoms with Crippen LogP contribution in [0.1, 0.15) is 125 Å². The maximum Gasteiger partial charge on any atom is 0.332 e. The number of carbonyl (C=O) groups excluding carboxylic acids is 1. The number of allylic oxidation sites excluding steroid dienone is 1. The van der Waals surface area contributed by atoms with Gasteiger partial charge in [-0.05, 0) is 111 Å². The summed E-state index contributed by atoms with van der Waals surface area (Å²) >= 11 is 0. The highest BCUT2D eigenvalue weighted by molar-refractivity contribution is 5.82. The lowest BCUT2D eigenvalue weighted by molar-refractivity contribution is -0.148. The van der Waals surface area contributed by atoms with E-state index in [1.165, 1.54) is 57.8 Å². The summed E-state index contributed by atoms with van der Waals surface area (Å²) in [6, 6.07) is 0. The Balaban J connectivity index is 1.33. The number of nitrogens with one attached hydrogen (secondary N) is 2. The fourth-order valence-electron chi connectivity index (χ4n) is 9.50. The van der Waals surface area contributed by atoms with Crippen molar-refractivity contribution >= 4 is 5.97 Å². The number of ether oxygens (including phenoxy) is 1. The number of carbonyl (C=O) groups is 1. The lowest BCUT2D eigenvalue weighted by atomic mass is 9.40. The van der Waals surface area contributed by atoms with Crippen LogP contribution in [-0.2, 0) is 9.53 Å². The number of rotatable bonds is 13. The van der Waals surface area contributed by atoms with Crippen LogP contribution in [0.5, 0.6) is 0 Å². The van der Waals surface area contributed by atoms with Crippen molar-refractivity contribution in [2.75, 3.05) is 19.6 Å². The Hall–Kier alpha value is -1.29. The van der Waals surface area contributed by atoms with Crippen LogP contribution in [-0.4, -0.2) is 31.7 Å². The number of hydrogen-bond acceptors (Lipinski definition) is 4.